The third kappa shape index (κ3) is 3.98. The molecule has 3 aromatic rings. The molecule has 2 aliphatic rings. The van der Waals surface area contributed by atoms with E-state index < -0.39 is 0 Å². The normalized spacial score (nSPS) is 21.7. The van der Waals surface area contributed by atoms with Gasteiger partial charge in [0.25, 0.3) is 0 Å². The Morgan fingerprint density at radius 1 is 0.969 bits per heavy atom. The average Bonchev–Trinajstić information content (AvgIpc) is 3.18. The molecule has 2 aromatic carbocycles. The summed E-state index contributed by atoms with van der Waals surface area (Å²) in [6, 6.07) is 16.6. The molecule has 2 atom stereocenters. The molecular weight excluding hydrogens is 402 g/mol. The van der Waals surface area contributed by atoms with Crippen molar-refractivity contribution in [2.75, 3.05) is 31.1 Å². The highest BCUT2D eigenvalue weighted by atomic mass is 16.2. The summed E-state index contributed by atoms with van der Waals surface area (Å²) in [7, 11) is 0. The second-order valence-corrected chi connectivity index (χ2v) is 8.77. The van der Waals surface area contributed by atoms with Gasteiger partial charge in [0.2, 0.25) is 5.91 Å². The average molecular weight is 432 g/mol. The number of tetrazole rings is 1. The fraction of sp³-hybridized carbons (Fsp3) is 0.417. The number of carbonyl (C=O) groups excluding carboxylic acids is 1. The quantitative estimate of drug-likeness (QED) is 0.680. The summed E-state index contributed by atoms with van der Waals surface area (Å²) >= 11 is 0. The summed E-state index contributed by atoms with van der Waals surface area (Å²) in [5.74, 6) is 0.723. The van der Waals surface area contributed by atoms with Gasteiger partial charge in [-0.25, -0.2) is 4.68 Å². The van der Waals surface area contributed by atoms with Crippen molar-refractivity contribution in [1.82, 2.24) is 30.4 Å². The number of hydrogen-bond acceptors (Lipinski definition) is 6. The predicted octanol–water partition coefficient (Wildman–Crippen LogP) is 1.89. The molecule has 0 spiro atoms. The second-order valence-electron chi connectivity index (χ2n) is 8.77. The van der Waals surface area contributed by atoms with Crippen molar-refractivity contribution in [3.63, 3.8) is 0 Å². The Kier molecular flexibility index (Phi) is 5.61. The highest BCUT2D eigenvalue weighted by Gasteiger charge is 2.38. The van der Waals surface area contributed by atoms with Crippen LogP contribution in [0.2, 0.25) is 0 Å². The van der Waals surface area contributed by atoms with Crippen molar-refractivity contribution >= 4 is 11.6 Å². The number of para-hydroxylation sites is 1. The van der Waals surface area contributed by atoms with Crippen LogP contribution in [0.4, 0.5) is 5.69 Å². The van der Waals surface area contributed by atoms with Crippen LogP contribution in [0.25, 0.3) is 0 Å². The van der Waals surface area contributed by atoms with Crippen molar-refractivity contribution in [2.45, 2.75) is 38.9 Å². The Hall–Kier alpha value is -3.26. The van der Waals surface area contributed by atoms with E-state index in [2.05, 4.69) is 74.8 Å². The van der Waals surface area contributed by atoms with Crippen LogP contribution in [-0.2, 0) is 17.8 Å². The summed E-state index contributed by atoms with van der Waals surface area (Å²) in [5, 5.41) is 15.6. The number of fused-ring (bicyclic) bond motifs is 1. The van der Waals surface area contributed by atoms with Gasteiger partial charge in [0.05, 0.1) is 12.1 Å². The lowest BCUT2D eigenvalue weighted by atomic mass is 9.96. The van der Waals surface area contributed by atoms with Crippen molar-refractivity contribution in [1.29, 1.82) is 0 Å². The molecule has 8 heteroatoms. The number of rotatable bonds is 4. The van der Waals surface area contributed by atoms with Crippen molar-refractivity contribution in [2.24, 2.45) is 0 Å². The lowest BCUT2D eigenvalue weighted by Gasteiger charge is -2.42. The molecule has 166 valence electrons. The Labute approximate surface area is 188 Å². The van der Waals surface area contributed by atoms with Gasteiger partial charge >= 0.3 is 0 Å². The predicted molar refractivity (Wildman–Crippen MR) is 122 cm³/mol. The molecule has 8 nitrogen and oxygen atoms in total. The topological polar surface area (TPSA) is 79.2 Å². The van der Waals surface area contributed by atoms with Gasteiger partial charge in [0.15, 0.2) is 5.82 Å². The second kappa shape index (κ2) is 8.70. The molecule has 2 aliphatic heterocycles. The molecule has 0 aliphatic carbocycles. The molecule has 1 unspecified atom stereocenters. The molecular formula is C24H29N7O. The Morgan fingerprint density at radius 3 is 2.41 bits per heavy atom. The first-order valence-electron chi connectivity index (χ1n) is 11.2. The molecule has 0 saturated carbocycles. The van der Waals surface area contributed by atoms with Crippen molar-refractivity contribution in [3.05, 3.63) is 71.0 Å². The molecule has 1 amide bonds. The zero-order chi connectivity index (χ0) is 22.1. The Bertz CT molecular complexity index is 1070. The van der Waals surface area contributed by atoms with Gasteiger partial charge in [-0.05, 0) is 47.4 Å². The fourth-order valence-electron chi connectivity index (χ4n) is 5.16. The highest BCUT2D eigenvalue weighted by Crippen LogP contribution is 2.31. The van der Waals surface area contributed by atoms with Crippen molar-refractivity contribution in [3.8, 4) is 0 Å². The zero-order valence-electron chi connectivity index (χ0n) is 18.6. The van der Waals surface area contributed by atoms with Gasteiger partial charge in [0.1, 0.15) is 6.54 Å². The van der Waals surface area contributed by atoms with Gasteiger partial charge in [-0.15, -0.1) is 5.10 Å². The zero-order valence-corrected chi connectivity index (χ0v) is 18.6. The number of aryl methyl sites for hydroxylation is 2. The van der Waals surface area contributed by atoms with E-state index in [-0.39, 0.29) is 24.5 Å². The van der Waals surface area contributed by atoms with E-state index in [0.717, 1.165) is 38.4 Å². The first kappa shape index (κ1) is 20.6. The summed E-state index contributed by atoms with van der Waals surface area (Å²) in [6.45, 7) is 8.14. The monoisotopic (exact) mass is 431 g/mol. The Balaban J connectivity index is 1.41. The lowest BCUT2D eigenvalue weighted by molar-refractivity contribution is -0.122. The summed E-state index contributed by atoms with van der Waals surface area (Å²) in [5.41, 5.74) is 5.15. The molecule has 1 N–H and O–H groups in total. The van der Waals surface area contributed by atoms with E-state index >= 15 is 0 Å². The number of nitrogens with zero attached hydrogens (tertiary/aromatic N) is 6. The van der Waals surface area contributed by atoms with E-state index in [1.54, 1.807) is 4.68 Å². The van der Waals surface area contributed by atoms with E-state index in [0.29, 0.717) is 0 Å². The minimum atomic E-state index is -0.0936. The summed E-state index contributed by atoms with van der Waals surface area (Å²) < 4.78 is 1.66. The lowest BCUT2D eigenvalue weighted by Crippen LogP contribution is -2.53. The minimum Gasteiger partial charge on any atom is -0.369 e. The van der Waals surface area contributed by atoms with Crippen LogP contribution in [0.5, 0.6) is 0 Å². The van der Waals surface area contributed by atoms with E-state index in [9.17, 15) is 4.79 Å². The maximum atomic E-state index is 12.6. The molecule has 0 bridgehead atoms. The molecule has 0 radical (unpaired) electrons. The number of aromatic nitrogens is 4. The maximum Gasteiger partial charge on any atom is 0.242 e. The number of piperazine rings is 1. The van der Waals surface area contributed by atoms with Gasteiger partial charge in [-0.1, -0.05) is 48.5 Å². The SMILES string of the molecule is Cc1cccc(C)c1N1CCN(C2c3nnnn3CC(=O)N[C@H]2Cc2ccccc2)CC1. The minimum absolute atomic E-state index is 0.0452. The van der Waals surface area contributed by atoms with E-state index in [1.165, 1.54) is 22.4 Å². The molecule has 5 rings (SSSR count). The van der Waals surface area contributed by atoms with Crippen LogP contribution in [0.15, 0.2) is 48.5 Å². The van der Waals surface area contributed by atoms with Crippen LogP contribution in [0.3, 0.4) is 0 Å². The van der Waals surface area contributed by atoms with Crippen LogP contribution in [-0.4, -0.2) is 63.2 Å². The number of amides is 1. The van der Waals surface area contributed by atoms with Crippen LogP contribution in [0, 0.1) is 13.8 Å². The first-order valence-corrected chi connectivity index (χ1v) is 11.2. The molecule has 32 heavy (non-hydrogen) atoms. The standard InChI is InChI=1S/C24H29N7O/c1-17-7-6-8-18(2)22(17)29-11-13-30(14-12-29)23-20(15-19-9-4-3-5-10-19)25-21(32)16-31-24(23)26-27-28-31/h3-10,20,23H,11-16H2,1-2H3,(H,25,32)/t20-,23?/m0/s1. The molecule has 1 aromatic heterocycles. The van der Waals surface area contributed by atoms with Gasteiger partial charge in [-0.3, -0.25) is 9.69 Å². The largest absolute Gasteiger partial charge is 0.369 e. The summed E-state index contributed by atoms with van der Waals surface area (Å²) in [4.78, 5) is 17.5. The first-order chi connectivity index (χ1) is 15.6. The van der Waals surface area contributed by atoms with Gasteiger partial charge in [0, 0.05) is 31.9 Å². The Morgan fingerprint density at radius 2 is 1.69 bits per heavy atom. The van der Waals surface area contributed by atoms with Crippen LogP contribution < -0.4 is 10.2 Å². The van der Waals surface area contributed by atoms with Gasteiger partial charge < -0.3 is 10.2 Å². The van der Waals surface area contributed by atoms with E-state index in [1.807, 2.05) is 18.2 Å². The van der Waals surface area contributed by atoms with Gasteiger partial charge in [-0.2, -0.15) is 0 Å². The number of nitrogens with one attached hydrogen (secondary N) is 1. The number of anilines is 1. The highest BCUT2D eigenvalue weighted by molar-refractivity contribution is 5.76. The van der Waals surface area contributed by atoms with Crippen LogP contribution >= 0.6 is 0 Å². The van der Waals surface area contributed by atoms with E-state index in [4.69, 9.17) is 0 Å². The number of benzene rings is 2. The van der Waals surface area contributed by atoms with Crippen LogP contribution in [0.1, 0.15) is 28.6 Å². The summed E-state index contributed by atoms with van der Waals surface area (Å²) in [6.07, 6.45) is 0.737. The van der Waals surface area contributed by atoms with Crippen molar-refractivity contribution < 1.29 is 4.79 Å². The third-order valence-corrected chi connectivity index (χ3v) is 6.61. The number of hydrogen-bond donors (Lipinski definition) is 1. The fourth-order valence-corrected chi connectivity index (χ4v) is 5.16. The maximum absolute atomic E-state index is 12.6. The number of carbonyl (C=O) groups is 1. The molecule has 1 fully saturated rings. The third-order valence-electron chi connectivity index (χ3n) is 6.61. The smallest absolute Gasteiger partial charge is 0.242 e. The molecule has 1 saturated heterocycles. The molecule has 3 heterocycles.